The van der Waals surface area contributed by atoms with Crippen LogP contribution < -0.4 is 5.32 Å². The van der Waals surface area contributed by atoms with Crippen molar-refractivity contribution in [3.8, 4) is 0 Å². The molecular weight excluding hydrogens is 262 g/mol. The summed E-state index contributed by atoms with van der Waals surface area (Å²) in [5.74, 6) is 0. The summed E-state index contributed by atoms with van der Waals surface area (Å²) in [6.45, 7) is 9.66. The Kier molecular flexibility index (Phi) is 5.27. The lowest BCUT2D eigenvalue weighted by atomic mass is 10.1. The first kappa shape index (κ1) is 15.1. The van der Waals surface area contributed by atoms with Crippen molar-refractivity contribution in [1.29, 1.82) is 0 Å². The summed E-state index contributed by atoms with van der Waals surface area (Å²) in [7, 11) is 0. The van der Waals surface area contributed by atoms with Crippen molar-refractivity contribution in [1.82, 2.24) is 5.32 Å². The first-order valence-corrected chi connectivity index (χ1v) is 8.00. The fourth-order valence-electron chi connectivity index (χ4n) is 2.19. The average Bonchev–Trinajstić information content (AvgIpc) is 2.44. The zero-order valence-electron chi connectivity index (χ0n) is 12.7. The molecule has 0 spiro atoms. The van der Waals surface area contributed by atoms with Crippen LogP contribution in [0.1, 0.15) is 36.6 Å². The Morgan fingerprint density at radius 1 is 1.05 bits per heavy atom. The zero-order chi connectivity index (χ0) is 14.5. The van der Waals surface area contributed by atoms with Gasteiger partial charge < -0.3 is 5.32 Å². The summed E-state index contributed by atoms with van der Waals surface area (Å²) in [6, 6.07) is 15.9. The largest absolute Gasteiger partial charge is 0.310 e. The number of hydrogen-bond donors (Lipinski definition) is 1. The molecule has 0 aliphatic carbocycles. The van der Waals surface area contributed by atoms with Gasteiger partial charge in [-0.1, -0.05) is 43.0 Å². The average molecular weight is 285 g/mol. The molecular formula is C18H23NS. The number of aryl methyl sites for hydroxylation is 2. The molecule has 2 aromatic rings. The van der Waals surface area contributed by atoms with Crippen LogP contribution >= 0.6 is 11.8 Å². The summed E-state index contributed by atoms with van der Waals surface area (Å²) >= 11 is 1.84. The predicted molar refractivity (Wildman–Crippen MR) is 88.6 cm³/mol. The van der Waals surface area contributed by atoms with E-state index in [1.807, 2.05) is 11.8 Å². The van der Waals surface area contributed by atoms with Gasteiger partial charge in [-0.05, 0) is 62.2 Å². The summed E-state index contributed by atoms with van der Waals surface area (Å²) < 4.78 is 0. The third kappa shape index (κ3) is 3.87. The number of rotatable bonds is 5. The molecule has 0 heterocycles. The highest BCUT2D eigenvalue weighted by molar-refractivity contribution is 7.99. The predicted octanol–water partition coefficient (Wildman–Crippen LogP) is 5.13. The molecule has 0 aromatic heterocycles. The molecule has 20 heavy (non-hydrogen) atoms. The van der Waals surface area contributed by atoms with E-state index in [1.165, 1.54) is 26.5 Å². The normalized spacial score (nSPS) is 12.4. The Balaban J connectivity index is 2.12. The molecule has 0 saturated heterocycles. The van der Waals surface area contributed by atoms with Gasteiger partial charge in [0.1, 0.15) is 0 Å². The lowest BCUT2D eigenvalue weighted by Crippen LogP contribution is -2.17. The van der Waals surface area contributed by atoms with Crippen LogP contribution in [0.5, 0.6) is 0 Å². The lowest BCUT2D eigenvalue weighted by Gasteiger charge is -2.13. The van der Waals surface area contributed by atoms with Gasteiger partial charge in [0.15, 0.2) is 0 Å². The second kappa shape index (κ2) is 6.96. The Bertz CT molecular complexity index is 560. The number of hydrogen-bond acceptors (Lipinski definition) is 2. The van der Waals surface area contributed by atoms with Gasteiger partial charge in [-0.15, -0.1) is 0 Å². The minimum absolute atomic E-state index is 0.416. The van der Waals surface area contributed by atoms with Crippen molar-refractivity contribution in [2.75, 3.05) is 6.54 Å². The molecule has 0 bridgehead atoms. The smallest absolute Gasteiger partial charge is 0.0291 e. The Hall–Kier alpha value is -1.25. The van der Waals surface area contributed by atoms with Crippen molar-refractivity contribution >= 4 is 11.8 Å². The van der Waals surface area contributed by atoms with E-state index in [0.29, 0.717) is 6.04 Å². The molecule has 0 radical (unpaired) electrons. The molecule has 2 aromatic carbocycles. The highest BCUT2D eigenvalue weighted by atomic mass is 32.2. The second-order valence-electron chi connectivity index (χ2n) is 5.22. The fraction of sp³-hybridized carbons (Fsp3) is 0.333. The maximum atomic E-state index is 3.44. The number of nitrogens with one attached hydrogen (secondary N) is 1. The Morgan fingerprint density at radius 2 is 1.75 bits per heavy atom. The molecule has 0 aliphatic rings. The van der Waals surface area contributed by atoms with E-state index in [2.05, 4.69) is 75.5 Å². The lowest BCUT2D eigenvalue weighted by molar-refractivity contribution is 0.598. The van der Waals surface area contributed by atoms with Gasteiger partial charge >= 0.3 is 0 Å². The summed E-state index contributed by atoms with van der Waals surface area (Å²) in [5, 5.41) is 3.44. The van der Waals surface area contributed by atoms with Gasteiger partial charge in [0, 0.05) is 15.8 Å². The van der Waals surface area contributed by atoms with E-state index in [1.54, 1.807) is 0 Å². The third-order valence-corrected chi connectivity index (χ3v) is 4.63. The minimum Gasteiger partial charge on any atom is -0.310 e. The van der Waals surface area contributed by atoms with Crippen molar-refractivity contribution in [3.05, 3.63) is 59.2 Å². The molecule has 1 N–H and O–H groups in total. The molecule has 1 nitrogen and oxygen atoms in total. The summed E-state index contributed by atoms with van der Waals surface area (Å²) in [4.78, 5) is 2.64. The molecule has 2 heteroatoms. The molecule has 0 saturated carbocycles. The van der Waals surface area contributed by atoms with Crippen LogP contribution in [0.15, 0.2) is 52.3 Å². The van der Waals surface area contributed by atoms with Gasteiger partial charge in [-0.2, -0.15) is 0 Å². The van der Waals surface area contributed by atoms with E-state index >= 15 is 0 Å². The number of benzene rings is 2. The van der Waals surface area contributed by atoms with E-state index in [9.17, 15) is 0 Å². The van der Waals surface area contributed by atoms with Gasteiger partial charge in [-0.3, -0.25) is 0 Å². The SMILES string of the molecule is CCNC(C)c1ccc(Sc2cc(C)ccc2C)cc1. The van der Waals surface area contributed by atoms with Gasteiger partial charge in [0.2, 0.25) is 0 Å². The van der Waals surface area contributed by atoms with Crippen LogP contribution in [-0.4, -0.2) is 6.54 Å². The van der Waals surface area contributed by atoms with Crippen LogP contribution in [0.25, 0.3) is 0 Å². The highest BCUT2D eigenvalue weighted by Gasteiger charge is 2.05. The zero-order valence-corrected chi connectivity index (χ0v) is 13.6. The quantitative estimate of drug-likeness (QED) is 0.817. The maximum absolute atomic E-state index is 3.44. The first-order chi connectivity index (χ1) is 9.60. The Morgan fingerprint density at radius 3 is 2.40 bits per heavy atom. The fourth-order valence-corrected chi connectivity index (χ4v) is 3.19. The first-order valence-electron chi connectivity index (χ1n) is 7.18. The minimum atomic E-state index is 0.416. The van der Waals surface area contributed by atoms with Gasteiger partial charge in [0.25, 0.3) is 0 Å². The van der Waals surface area contributed by atoms with Crippen molar-refractivity contribution in [3.63, 3.8) is 0 Å². The molecule has 106 valence electrons. The van der Waals surface area contributed by atoms with Crippen molar-refractivity contribution in [2.45, 2.75) is 43.5 Å². The van der Waals surface area contributed by atoms with E-state index in [4.69, 9.17) is 0 Å². The molecule has 1 atom stereocenters. The van der Waals surface area contributed by atoms with Crippen molar-refractivity contribution in [2.24, 2.45) is 0 Å². The monoisotopic (exact) mass is 285 g/mol. The van der Waals surface area contributed by atoms with Crippen LogP contribution in [0, 0.1) is 13.8 Å². The van der Waals surface area contributed by atoms with E-state index in [0.717, 1.165) is 6.54 Å². The maximum Gasteiger partial charge on any atom is 0.0291 e. The van der Waals surface area contributed by atoms with Crippen LogP contribution in [-0.2, 0) is 0 Å². The highest BCUT2D eigenvalue weighted by Crippen LogP contribution is 2.31. The van der Waals surface area contributed by atoms with Gasteiger partial charge in [0.05, 0.1) is 0 Å². The second-order valence-corrected chi connectivity index (χ2v) is 6.33. The van der Waals surface area contributed by atoms with Crippen LogP contribution in [0.4, 0.5) is 0 Å². The Labute approximate surface area is 126 Å². The van der Waals surface area contributed by atoms with E-state index in [-0.39, 0.29) is 0 Å². The molecule has 2 rings (SSSR count). The van der Waals surface area contributed by atoms with E-state index < -0.39 is 0 Å². The molecule has 0 fully saturated rings. The van der Waals surface area contributed by atoms with Gasteiger partial charge in [-0.25, -0.2) is 0 Å². The van der Waals surface area contributed by atoms with Crippen molar-refractivity contribution < 1.29 is 0 Å². The van der Waals surface area contributed by atoms with Crippen LogP contribution in [0.2, 0.25) is 0 Å². The van der Waals surface area contributed by atoms with Crippen LogP contribution in [0.3, 0.4) is 0 Å². The summed E-state index contributed by atoms with van der Waals surface area (Å²) in [6.07, 6.45) is 0. The summed E-state index contributed by atoms with van der Waals surface area (Å²) in [5.41, 5.74) is 4.00. The molecule has 0 aliphatic heterocycles. The molecule has 1 unspecified atom stereocenters. The topological polar surface area (TPSA) is 12.0 Å². The standard InChI is InChI=1S/C18H23NS/c1-5-19-15(4)16-8-10-17(11-9-16)20-18-12-13(2)6-7-14(18)3/h6-12,15,19H,5H2,1-4H3. The third-order valence-electron chi connectivity index (χ3n) is 3.46. The molecule has 0 amide bonds.